The van der Waals surface area contributed by atoms with Gasteiger partial charge in [-0.15, -0.1) is 11.3 Å². The maximum atomic E-state index is 6.76. The van der Waals surface area contributed by atoms with E-state index in [2.05, 4.69) is 238 Å². The summed E-state index contributed by atoms with van der Waals surface area (Å²) in [4.78, 5) is 2.49. The molecule has 0 fully saturated rings. The minimum absolute atomic E-state index is 0.0285. The third-order valence-electron chi connectivity index (χ3n) is 17.2. The Hall–Kier alpha value is -6.76. The van der Waals surface area contributed by atoms with Gasteiger partial charge < -0.3 is 19.5 Å². The number of unbranched alkanes of at least 4 members (excludes halogenated alkanes) is 2. The predicted molar refractivity (Wildman–Crippen MR) is 325 cm³/mol. The second-order valence-electron chi connectivity index (χ2n) is 25.4. The molecule has 1 aliphatic carbocycles. The molecule has 4 nitrogen and oxygen atoms in total. The molecule has 0 amide bonds. The number of ether oxygens (including phenoxy) is 1. The molecule has 10 aromatic rings. The second-order valence-corrected chi connectivity index (χ2v) is 26.5. The van der Waals surface area contributed by atoms with Gasteiger partial charge in [0.2, 0.25) is 0 Å². The van der Waals surface area contributed by atoms with Gasteiger partial charge >= 0.3 is 0 Å². The summed E-state index contributed by atoms with van der Waals surface area (Å²) in [5.74, 6) is 1.68. The fourth-order valence-electron chi connectivity index (χ4n) is 12.6. The molecule has 375 valence electrons. The zero-order valence-corrected chi connectivity index (χ0v) is 46.6. The molecule has 1 radical (unpaired) electrons. The Kier molecular flexibility index (Phi) is 10.9. The Morgan fingerprint density at radius 3 is 1.91 bits per heavy atom. The van der Waals surface area contributed by atoms with Crippen LogP contribution >= 0.6 is 11.3 Å². The van der Waals surface area contributed by atoms with E-state index < -0.39 is 0 Å². The number of hydrogen-bond donors (Lipinski definition) is 1. The number of rotatable bonds is 8. The molecule has 0 saturated heterocycles. The summed E-state index contributed by atoms with van der Waals surface area (Å²) < 4.78 is 12.0. The number of hydrogen-bond acceptors (Lipinski definition) is 4. The first-order valence-electron chi connectivity index (χ1n) is 27.6. The van der Waals surface area contributed by atoms with Crippen molar-refractivity contribution in [2.24, 2.45) is 0 Å². The molecular formula is C69H69BN3OS. The monoisotopic (exact) mass is 999 g/mol. The third kappa shape index (κ3) is 7.83. The Morgan fingerprint density at radius 1 is 0.600 bits per heavy atom. The molecule has 13 rings (SSSR count). The third-order valence-corrected chi connectivity index (χ3v) is 18.3. The average molecular weight is 999 g/mol. The number of aryl methyl sites for hydroxylation is 1. The molecule has 0 saturated carbocycles. The van der Waals surface area contributed by atoms with E-state index in [4.69, 9.17) is 4.74 Å². The summed E-state index contributed by atoms with van der Waals surface area (Å²) in [7, 11) is 2.52. The molecule has 0 unspecified atom stereocenters. The molecule has 1 N–H and O–H groups in total. The summed E-state index contributed by atoms with van der Waals surface area (Å²) in [6.45, 7) is 26.1. The molecule has 0 spiro atoms. The number of nitrogens with one attached hydrogen (secondary N) is 1. The van der Waals surface area contributed by atoms with Crippen LogP contribution in [0.4, 0.5) is 28.4 Å². The Balaban J connectivity index is 1.16. The van der Waals surface area contributed by atoms with Crippen LogP contribution in [0.5, 0.6) is 11.5 Å². The lowest BCUT2D eigenvalue weighted by Gasteiger charge is -2.41. The zero-order chi connectivity index (χ0) is 51.9. The first kappa shape index (κ1) is 47.9. The first-order chi connectivity index (χ1) is 35.9. The standard InChI is InChI=1S/C69H69BN3OS/c1-12-13-14-19-41-24-28-44(29-25-41)71-53-40-62-46(47-37-50-51(39-61(47)75-62)69(10,11)33-32-68(50,8)9)36-45(53)48-38-58(72-56-20-15-17-22-59(56)74-60-23-18-16-21-57(60)72)63-49-34-42(66(2,3)4)26-30-54(49)73-55-31-27-43(67(5,6)7)35-52(55)70-64(48)65(63)73/h15-18,20-31,34-40,71H,12-14,19,32-33H2,1-11H3. The molecule has 75 heavy (non-hydrogen) atoms. The van der Waals surface area contributed by atoms with Crippen molar-refractivity contribution in [2.45, 2.75) is 136 Å². The summed E-state index contributed by atoms with van der Waals surface area (Å²) in [5, 5.41) is 9.23. The topological polar surface area (TPSA) is 29.4 Å². The van der Waals surface area contributed by atoms with E-state index in [1.165, 1.54) is 130 Å². The van der Waals surface area contributed by atoms with Crippen molar-refractivity contribution in [1.82, 2.24) is 4.57 Å². The molecule has 6 heteroatoms. The van der Waals surface area contributed by atoms with Crippen LogP contribution in [0.25, 0.3) is 58.8 Å². The quantitative estimate of drug-likeness (QED) is 0.122. The van der Waals surface area contributed by atoms with Gasteiger partial charge in [0, 0.05) is 53.6 Å². The number of anilines is 5. The van der Waals surface area contributed by atoms with Crippen molar-refractivity contribution in [3.63, 3.8) is 0 Å². The van der Waals surface area contributed by atoms with Gasteiger partial charge in [-0.1, -0.05) is 149 Å². The van der Waals surface area contributed by atoms with Crippen molar-refractivity contribution >= 4 is 100.0 Å². The molecule has 0 atom stereocenters. The summed E-state index contributed by atoms with van der Waals surface area (Å²) >= 11 is 1.94. The van der Waals surface area contributed by atoms with Crippen LogP contribution < -0.4 is 25.9 Å². The SMILES string of the molecule is CCCCCc1ccc(Nc2cc3sc4cc5c(cc4c3cc2-c2cc(N3c4ccccc4Oc4ccccc43)c3c4cc(C(C)(C)C)ccc4n4c3c2[B]c2cc(C(C)(C)C)ccc2-4)C(C)(C)CCC5(C)C)cc1. The largest absolute Gasteiger partial charge is 0.453 e. The molecule has 3 aliphatic rings. The van der Waals surface area contributed by atoms with Crippen molar-refractivity contribution in [1.29, 1.82) is 0 Å². The highest BCUT2D eigenvalue weighted by molar-refractivity contribution is 7.25. The number of fused-ring (bicyclic) bond motifs is 11. The van der Waals surface area contributed by atoms with E-state index in [1.54, 1.807) is 0 Å². The number of para-hydroxylation sites is 4. The highest BCUT2D eigenvalue weighted by atomic mass is 32.1. The van der Waals surface area contributed by atoms with Crippen LogP contribution in [-0.4, -0.2) is 11.8 Å². The highest BCUT2D eigenvalue weighted by Gasteiger charge is 2.39. The number of thiophene rings is 1. The molecule has 0 bridgehead atoms. The van der Waals surface area contributed by atoms with Gasteiger partial charge in [0.05, 0.1) is 28.1 Å². The summed E-state index contributed by atoms with van der Waals surface area (Å²) in [6, 6.07) is 53.5. The van der Waals surface area contributed by atoms with Crippen LogP contribution in [0.3, 0.4) is 0 Å². The lowest BCUT2D eigenvalue weighted by Crippen LogP contribution is -2.38. The lowest BCUT2D eigenvalue weighted by molar-refractivity contribution is 0.332. The van der Waals surface area contributed by atoms with E-state index in [-0.39, 0.29) is 21.7 Å². The van der Waals surface area contributed by atoms with Crippen LogP contribution in [0.2, 0.25) is 0 Å². The van der Waals surface area contributed by atoms with Gasteiger partial charge in [0.15, 0.2) is 18.8 Å². The van der Waals surface area contributed by atoms with Gasteiger partial charge in [-0.3, -0.25) is 0 Å². The van der Waals surface area contributed by atoms with E-state index in [9.17, 15) is 0 Å². The predicted octanol–water partition coefficient (Wildman–Crippen LogP) is 18.8. The first-order valence-corrected chi connectivity index (χ1v) is 28.4. The fraction of sp³-hybridized carbons (Fsp3) is 0.304. The van der Waals surface area contributed by atoms with Gasteiger partial charge in [0.25, 0.3) is 0 Å². The minimum atomic E-state index is -0.0628. The van der Waals surface area contributed by atoms with Gasteiger partial charge in [-0.2, -0.15) is 0 Å². The molecule has 2 aliphatic heterocycles. The van der Waals surface area contributed by atoms with E-state index >= 15 is 0 Å². The summed E-state index contributed by atoms with van der Waals surface area (Å²) in [5.41, 5.74) is 21.0. The smallest absolute Gasteiger partial charge is 0.197 e. The summed E-state index contributed by atoms with van der Waals surface area (Å²) in [6.07, 6.45) is 7.16. The molecule has 4 heterocycles. The highest BCUT2D eigenvalue weighted by Crippen LogP contribution is 2.55. The number of benzene rings is 8. The molecule has 8 aromatic carbocycles. The minimum Gasteiger partial charge on any atom is -0.453 e. The number of aromatic nitrogens is 1. The normalized spacial score (nSPS) is 15.4. The van der Waals surface area contributed by atoms with Crippen LogP contribution in [0, 0.1) is 0 Å². The van der Waals surface area contributed by atoms with E-state index in [0.717, 1.165) is 46.4 Å². The van der Waals surface area contributed by atoms with Crippen molar-refractivity contribution in [3.05, 3.63) is 167 Å². The van der Waals surface area contributed by atoms with Gasteiger partial charge in [-0.25, -0.2) is 0 Å². The average Bonchev–Trinajstić information content (AvgIpc) is 3.98. The second kappa shape index (κ2) is 17.1. The Bertz CT molecular complexity index is 3920. The van der Waals surface area contributed by atoms with Gasteiger partial charge in [-0.05, 0) is 171 Å². The maximum Gasteiger partial charge on any atom is 0.197 e. The molecule has 2 aromatic heterocycles. The van der Waals surface area contributed by atoms with Crippen LogP contribution in [0.1, 0.15) is 136 Å². The van der Waals surface area contributed by atoms with Gasteiger partial charge in [0.1, 0.15) is 0 Å². The van der Waals surface area contributed by atoms with Crippen molar-refractivity contribution < 1.29 is 4.74 Å². The van der Waals surface area contributed by atoms with Crippen molar-refractivity contribution in [3.8, 4) is 28.3 Å². The lowest BCUT2D eigenvalue weighted by atomic mass is 9.58. The maximum absolute atomic E-state index is 6.76. The van der Waals surface area contributed by atoms with Crippen LogP contribution in [0.15, 0.2) is 140 Å². The Labute approximate surface area is 449 Å². The van der Waals surface area contributed by atoms with E-state index in [1.807, 2.05) is 11.3 Å². The van der Waals surface area contributed by atoms with Crippen molar-refractivity contribution in [2.75, 3.05) is 10.2 Å². The fourth-order valence-corrected chi connectivity index (χ4v) is 13.8. The molecular weight excluding hydrogens is 930 g/mol. The zero-order valence-electron chi connectivity index (χ0n) is 45.8. The van der Waals surface area contributed by atoms with Crippen LogP contribution in [-0.2, 0) is 28.1 Å². The number of nitrogens with zero attached hydrogens (tertiary/aromatic N) is 2. The van der Waals surface area contributed by atoms with E-state index in [0.29, 0.717) is 0 Å². The Morgan fingerprint density at radius 2 is 1.23 bits per heavy atom.